The summed E-state index contributed by atoms with van der Waals surface area (Å²) in [4.78, 5) is 20.1. The number of hydrogen-bond donors (Lipinski definition) is 2. The van der Waals surface area contributed by atoms with Gasteiger partial charge >= 0.3 is 0 Å². The van der Waals surface area contributed by atoms with Crippen LogP contribution in [-0.2, 0) is 11.2 Å². The number of amides is 1. The average molecular weight is 338 g/mol. The van der Waals surface area contributed by atoms with Crippen molar-refractivity contribution >= 4 is 5.91 Å². The van der Waals surface area contributed by atoms with Gasteiger partial charge in [0.1, 0.15) is 6.33 Å². The van der Waals surface area contributed by atoms with Gasteiger partial charge in [-0.1, -0.05) is 35.5 Å². The monoisotopic (exact) mass is 338 g/mol. The van der Waals surface area contributed by atoms with Crippen LogP contribution in [0.2, 0.25) is 0 Å². The third-order valence-corrected chi connectivity index (χ3v) is 4.37. The molecule has 1 saturated carbocycles. The van der Waals surface area contributed by atoms with Gasteiger partial charge in [0.2, 0.25) is 17.6 Å². The average Bonchev–Trinajstić information content (AvgIpc) is 3.02. The Morgan fingerprint density at radius 3 is 3.00 bits per heavy atom. The second-order valence-corrected chi connectivity index (χ2v) is 6.16. The lowest BCUT2D eigenvalue weighted by atomic mass is 10.1. The van der Waals surface area contributed by atoms with Crippen LogP contribution in [-0.4, -0.2) is 37.8 Å². The van der Waals surface area contributed by atoms with E-state index in [1.807, 2.05) is 6.07 Å². The van der Waals surface area contributed by atoms with Crippen LogP contribution < -0.4 is 5.32 Å². The van der Waals surface area contributed by atoms with Gasteiger partial charge in [0, 0.05) is 19.4 Å². The highest BCUT2D eigenvalue weighted by molar-refractivity contribution is 5.76. The molecule has 2 heterocycles. The molecular weight excluding hydrogens is 320 g/mol. The number of benzene rings is 1. The fourth-order valence-corrected chi connectivity index (χ4v) is 2.90. The third-order valence-electron chi connectivity index (χ3n) is 4.37. The van der Waals surface area contributed by atoms with Gasteiger partial charge in [0.15, 0.2) is 5.82 Å². The summed E-state index contributed by atoms with van der Waals surface area (Å²) in [7, 11) is 0. The minimum atomic E-state index is -0.00173. The van der Waals surface area contributed by atoms with E-state index in [0.717, 1.165) is 6.42 Å². The zero-order valence-electron chi connectivity index (χ0n) is 13.6. The first-order chi connectivity index (χ1) is 12.3. The van der Waals surface area contributed by atoms with E-state index in [2.05, 4.69) is 54.9 Å². The summed E-state index contributed by atoms with van der Waals surface area (Å²) >= 11 is 0. The van der Waals surface area contributed by atoms with Gasteiger partial charge < -0.3 is 9.84 Å². The molecule has 1 aliphatic rings. The van der Waals surface area contributed by atoms with Gasteiger partial charge in [-0.2, -0.15) is 10.1 Å². The first kappa shape index (κ1) is 15.5. The maximum absolute atomic E-state index is 12.0. The summed E-state index contributed by atoms with van der Waals surface area (Å²) in [6, 6.07) is 10.4. The molecule has 2 N–H and O–H groups in total. The maximum Gasteiger partial charge on any atom is 0.239 e. The van der Waals surface area contributed by atoms with Crippen LogP contribution in [0.3, 0.4) is 0 Å². The van der Waals surface area contributed by atoms with Crippen molar-refractivity contribution in [2.45, 2.75) is 25.2 Å². The van der Waals surface area contributed by atoms with E-state index in [9.17, 15) is 4.79 Å². The van der Waals surface area contributed by atoms with Gasteiger partial charge in [0.25, 0.3) is 0 Å². The summed E-state index contributed by atoms with van der Waals surface area (Å²) in [6.07, 6.45) is 3.23. The molecule has 1 amide bonds. The number of aryl methyl sites for hydroxylation is 1. The maximum atomic E-state index is 12.0. The first-order valence-corrected chi connectivity index (χ1v) is 8.29. The molecule has 0 unspecified atom stereocenters. The molecule has 4 rings (SSSR count). The Kier molecular flexibility index (Phi) is 4.24. The van der Waals surface area contributed by atoms with Gasteiger partial charge in [-0.15, -0.1) is 0 Å². The van der Waals surface area contributed by atoms with Crippen molar-refractivity contribution in [3.63, 3.8) is 0 Å². The second kappa shape index (κ2) is 6.84. The zero-order chi connectivity index (χ0) is 17.1. The van der Waals surface area contributed by atoms with E-state index in [-0.39, 0.29) is 5.91 Å². The summed E-state index contributed by atoms with van der Waals surface area (Å²) in [6.45, 7) is 0.714. The SMILES string of the molecule is O=C(CCc1nc(-c2ncn[nH]2)no1)NC[C@H]1C[C@H]1c1ccccc1. The van der Waals surface area contributed by atoms with E-state index in [0.29, 0.717) is 48.8 Å². The number of rotatable bonds is 7. The number of nitrogens with zero attached hydrogens (tertiary/aromatic N) is 4. The third kappa shape index (κ3) is 3.73. The Morgan fingerprint density at radius 1 is 1.32 bits per heavy atom. The normalized spacial score (nSPS) is 18.9. The molecule has 2 aromatic heterocycles. The Morgan fingerprint density at radius 2 is 2.20 bits per heavy atom. The standard InChI is InChI=1S/C17H18N6O2/c24-14(18-9-12-8-13(12)11-4-2-1-3-5-11)6-7-15-21-17(23-25-15)16-19-10-20-22-16/h1-5,10,12-13H,6-9H2,(H,18,24)(H,19,20,22)/t12-,13+/m1/s1. The van der Waals surface area contributed by atoms with E-state index < -0.39 is 0 Å². The quantitative estimate of drug-likeness (QED) is 0.678. The lowest BCUT2D eigenvalue weighted by molar-refractivity contribution is -0.121. The Labute approximate surface area is 144 Å². The van der Waals surface area contributed by atoms with E-state index in [1.165, 1.54) is 11.9 Å². The number of aromatic nitrogens is 5. The van der Waals surface area contributed by atoms with Crippen molar-refractivity contribution in [1.82, 2.24) is 30.6 Å². The van der Waals surface area contributed by atoms with Crippen molar-refractivity contribution < 1.29 is 9.32 Å². The first-order valence-electron chi connectivity index (χ1n) is 8.29. The molecule has 0 saturated heterocycles. The lowest BCUT2D eigenvalue weighted by Gasteiger charge is -2.04. The van der Waals surface area contributed by atoms with E-state index >= 15 is 0 Å². The van der Waals surface area contributed by atoms with Crippen LogP contribution in [0.15, 0.2) is 41.2 Å². The highest BCUT2D eigenvalue weighted by Crippen LogP contribution is 2.46. The molecule has 1 aromatic carbocycles. The Bertz CT molecular complexity index is 830. The van der Waals surface area contributed by atoms with Crippen LogP contribution in [0.4, 0.5) is 0 Å². The minimum Gasteiger partial charge on any atom is -0.356 e. The van der Waals surface area contributed by atoms with Crippen molar-refractivity contribution in [3.05, 3.63) is 48.1 Å². The predicted octanol–water partition coefficient (Wildman–Crippen LogP) is 1.71. The fraction of sp³-hybridized carbons (Fsp3) is 0.353. The van der Waals surface area contributed by atoms with E-state index in [4.69, 9.17) is 4.52 Å². The molecule has 8 nitrogen and oxygen atoms in total. The summed E-state index contributed by atoms with van der Waals surface area (Å²) in [5.74, 6) is 2.31. The smallest absolute Gasteiger partial charge is 0.239 e. The van der Waals surface area contributed by atoms with Crippen LogP contribution in [0.1, 0.15) is 30.2 Å². The lowest BCUT2D eigenvalue weighted by Crippen LogP contribution is -2.26. The number of hydrogen-bond acceptors (Lipinski definition) is 6. The molecule has 8 heteroatoms. The number of H-pyrrole nitrogens is 1. The van der Waals surface area contributed by atoms with Crippen LogP contribution in [0.25, 0.3) is 11.6 Å². The molecule has 0 spiro atoms. The van der Waals surface area contributed by atoms with Crippen molar-refractivity contribution in [2.24, 2.45) is 5.92 Å². The molecular formula is C17H18N6O2. The Balaban J connectivity index is 1.20. The number of carbonyl (C=O) groups excluding carboxylic acids is 1. The van der Waals surface area contributed by atoms with Gasteiger partial charge in [0.05, 0.1) is 0 Å². The van der Waals surface area contributed by atoms with Crippen molar-refractivity contribution in [1.29, 1.82) is 0 Å². The topological polar surface area (TPSA) is 110 Å². The highest BCUT2D eigenvalue weighted by Gasteiger charge is 2.37. The van der Waals surface area contributed by atoms with E-state index in [1.54, 1.807) is 0 Å². The molecule has 25 heavy (non-hydrogen) atoms. The van der Waals surface area contributed by atoms with Crippen LogP contribution in [0, 0.1) is 5.92 Å². The van der Waals surface area contributed by atoms with Crippen LogP contribution >= 0.6 is 0 Å². The van der Waals surface area contributed by atoms with Gasteiger partial charge in [-0.05, 0) is 23.8 Å². The summed E-state index contributed by atoms with van der Waals surface area (Å²) in [5, 5.41) is 13.2. The largest absolute Gasteiger partial charge is 0.356 e. The molecule has 0 bridgehead atoms. The molecule has 2 atom stereocenters. The fourth-order valence-electron chi connectivity index (χ4n) is 2.90. The molecule has 128 valence electrons. The Hall–Kier alpha value is -3.03. The summed E-state index contributed by atoms with van der Waals surface area (Å²) < 4.78 is 5.12. The molecule has 3 aromatic rings. The molecule has 0 radical (unpaired) electrons. The van der Waals surface area contributed by atoms with Gasteiger partial charge in [-0.3, -0.25) is 9.89 Å². The molecule has 1 fully saturated rings. The highest BCUT2D eigenvalue weighted by atomic mass is 16.5. The van der Waals surface area contributed by atoms with Gasteiger partial charge in [-0.25, -0.2) is 4.98 Å². The zero-order valence-corrected chi connectivity index (χ0v) is 13.6. The van der Waals surface area contributed by atoms with Crippen molar-refractivity contribution in [3.8, 4) is 11.6 Å². The minimum absolute atomic E-state index is 0.00173. The summed E-state index contributed by atoms with van der Waals surface area (Å²) in [5.41, 5.74) is 1.35. The number of aromatic amines is 1. The second-order valence-electron chi connectivity index (χ2n) is 6.16. The predicted molar refractivity (Wildman–Crippen MR) is 88.3 cm³/mol. The molecule has 1 aliphatic carbocycles. The molecule has 0 aliphatic heterocycles. The van der Waals surface area contributed by atoms with Crippen molar-refractivity contribution in [2.75, 3.05) is 6.54 Å². The number of carbonyl (C=O) groups is 1. The number of nitrogens with one attached hydrogen (secondary N) is 2. The van der Waals surface area contributed by atoms with Crippen LogP contribution in [0.5, 0.6) is 0 Å².